The van der Waals surface area contributed by atoms with E-state index in [1.54, 1.807) is 35.2 Å². The van der Waals surface area contributed by atoms with Crippen LogP contribution in [0.4, 0.5) is 0 Å². The summed E-state index contributed by atoms with van der Waals surface area (Å²) < 4.78 is 0. The predicted molar refractivity (Wildman–Crippen MR) is 86.5 cm³/mol. The molecule has 0 fully saturated rings. The number of fused-ring (bicyclic) bond motifs is 1. The second-order valence-electron chi connectivity index (χ2n) is 4.84. The van der Waals surface area contributed by atoms with E-state index in [4.69, 9.17) is 0 Å². The molecule has 0 spiro atoms. The maximum absolute atomic E-state index is 12.3. The molecule has 0 aliphatic carbocycles. The van der Waals surface area contributed by atoms with Crippen LogP contribution in [-0.4, -0.2) is 24.0 Å². The molecular weight excluding hydrogens is 302 g/mol. The first kappa shape index (κ1) is 14.4. The fourth-order valence-electron chi connectivity index (χ4n) is 2.32. The lowest BCUT2D eigenvalue weighted by molar-refractivity contribution is 0.0951. The highest BCUT2D eigenvalue weighted by molar-refractivity contribution is 7.99. The Hall–Kier alpha value is -1.59. The van der Waals surface area contributed by atoms with Crippen LogP contribution in [0.3, 0.4) is 0 Å². The first-order valence-corrected chi connectivity index (χ1v) is 8.77. The monoisotopic (exact) mass is 317 g/mol. The maximum atomic E-state index is 12.3. The SMILES string of the molecule is O=C1CCSc2c1cccc2C(=O)NCCc1ccsc1. The second kappa shape index (κ2) is 6.45. The molecular formula is C16H15NO2S2. The molecule has 108 valence electrons. The molecule has 2 heterocycles. The van der Waals surface area contributed by atoms with Crippen LogP contribution in [0.25, 0.3) is 0 Å². The Kier molecular flexibility index (Phi) is 4.41. The molecule has 21 heavy (non-hydrogen) atoms. The van der Waals surface area contributed by atoms with Gasteiger partial charge in [0.2, 0.25) is 0 Å². The number of thiophene rings is 1. The van der Waals surface area contributed by atoms with Gasteiger partial charge in [0, 0.05) is 29.2 Å². The van der Waals surface area contributed by atoms with E-state index < -0.39 is 0 Å². The highest BCUT2D eigenvalue weighted by Crippen LogP contribution is 2.32. The number of Topliss-reactive ketones (excluding diaryl/α,β-unsaturated/α-hetero) is 1. The van der Waals surface area contributed by atoms with Crippen LogP contribution < -0.4 is 5.32 Å². The van der Waals surface area contributed by atoms with Gasteiger partial charge in [0.15, 0.2) is 5.78 Å². The van der Waals surface area contributed by atoms with Gasteiger partial charge < -0.3 is 5.32 Å². The Morgan fingerprint density at radius 2 is 2.19 bits per heavy atom. The van der Waals surface area contributed by atoms with Crippen molar-refractivity contribution in [1.29, 1.82) is 0 Å². The zero-order valence-corrected chi connectivity index (χ0v) is 13.1. The zero-order chi connectivity index (χ0) is 14.7. The van der Waals surface area contributed by atoms with Crippen molar-refractivity contribution in [3.8, 4) is 0 Å². The molecule has 1 amide bonds. The summed E-state index contributed by atoms with van der Waals surface area (Å²) in [6.45, 7) is 0.609. The van der Waals surface area contributed by atoms with Crippen molar-refractivity contribution in [3.63, 3.8) is 0 Å². The Balaban J connectivity index is 1.70. The lowest BCUT2D eigenvalue weighted by Gasteiger charge is -2.17. The zero-order valence-electron chi connectivity index (χ0n) is 11.4. The standard InChI is InChI=1S/C16H15NO2S2/c18-14-6-9-21-15-12(14)2-1-3-13(15)16(19)17-7-4-11-5-8-20-10-11/h1-3,5,8,10H,4,6-7,9H2,(H,17,19). The minimum atomic E-state index is -0.0933. The van der Waals surface area contributed by atoms with Crippen molar-refractivity contribution >= 4 is 34.8 Å². The summed E-state index contributed by atoms with van der Waals surface area (Å²) in [5.41, 5.74) is 2.55. The molecule has 0 bridgehead atoms. The summed E-state index contributed by atoms with van der Waals surface area (Å²) in [7, 11) is 0. The average Bonchev–Trinajstić information content (AvgIpc) is 3.00. The fraction of sp³-hybridized carbons (Fsp3) is 0.250. The molecule has 0 atom stereocenters. The Bertz CT molecular complexity index is 665. The molecule has 2 aromatic rings. The average molecular weight is 317 g/mol. The summed E-state index contributed by atoms with van der Waals surface area (Å²) >= 11 is 3.26. The Morgan fingerprint density at radius 1 is 1.29 bits per heavy atom. The number of benzene rings is 1. The number of nitrogens with one attached hydrogen (secondary N) is 1. The van der Waals surface area contributed by atoms with Crippen LogP contribution in [0.15, 0.2) is 39.9 Å². The lowest BCUT2D eigenvalue weighted by Crippen LogP contribution is -2.27. The molecule has 1 aromatic carbocycles. The van der Waals surface area contributed by atoms with Crippen LogP contribution in [0.1, 0.15) is 32.7 Å². The maximum Gasteiger partial charge on any atom is 0.252 e. The molecule has 0 radical (unpaired) electrons. The van der Waals surface area contributed by atoms with Crippen molar-refractivity contribution in [2.75, 3.05) is 12.3 Å². The van der Waals surface area contributed by atoms with E-state index in [0.717, 1.165) is 17.1 Å². The summed E-state index contributed by atoms with van der Waals surface area (Å²) in [5, 5.41) is 7.07. The molecule has 3 nitrogen and oxygen atoms in total. The van der Waals surface area contributed by atoms with E-state index in [2.05, 4.69) is 16.8 Å². The smallest absolute Gasteiger partial charge is 0.252 e. The highest BCUT2D eigenvalue weighted by atomic mass is 32.2. The number of amides is 1. The summed E-state index contributed by atoms with van der Waals surface area (Å²) in [4.78, 5) is 25.0. The quantitative estimate of drug-likeness (QED) is 0.940. The van der Waals surface area contributed by atoms with Crippen LogP contribution in [0.5, 0.6) is 0 Å². The predicted octanol–water partition coefficient (Wildman–Crippen LogP) is 3.40. The summed E-state index contributed by atoms with van der Waals surface area (Å²) in [6.07, 6.45) is 1.39. The highest BCUT2D eigenvalue weighted by Gasteiger charge is 2.22. The lowest BCUT2D eigenvalue weighted by atomic mass is 10.0. The normalized spacial score (nSPS) is 13.8. The number of hydrogen-bond donors (Lipinski definition) is 1. The van der Waals surface area contributed by atoms with E-state index >= 15 is 0 Å². The summed E-state index contributed by atoms with van der Waals surface area (Å²) in [5.74, 6) is 0.798. The van der Waals surface area contributed by atoms with Gasteiger partial charge in [0.25, 0.3) is 5.91 Å². The second-order valence-corrected chi connectivity index (χ2v) is 6.73. The van der Waals surface area contributed by atoms with Crippen molar-refractivity contribution in [1.82, 2.24) is 5.32 Å². The number of hydrogen-bond acceptors (Lipinski definition) is 4. The third-order valence-electron chi connectivity index (χ3n) is 3.41. The number of rotatable bonds is 4. The van der Waals surface area contributed by atoms with Gasteiger partial charge in [-0.2, -0.15) is 11.3 Å². The number of thioether (sulfide) groups is 1. The Labute approximate surface area is 131 Å². The number of carbonyl (C=O) groups excluding carboxylic acids is 2. The molecule has 0 saturated carbocycles. The molecule has 1 N–H and O–H groups in total. The van der Waals surface area contributed by atoms with Crippen LogP contribution in [0.2, 0.25) is 0 Å². The summed E-state index contributed by atoms with van der Waals surface area (Å²) in [6, 6.07) is 7.46. The van der Waals surface area contributed by atoms with Gasteiger partial charge in [0.05, 0.1) is 5.56 Å². The largest absolute Gasteiger partial charge is 0.352 e. The number of ketones is 1. The molecule has 0 saturated heterocycles. The molecule has 1 aliphatic rings. The van der Waals surface area contributed by atoms with E-state index in [-0.39, 0.29) is 11.7 Å². The molecule has 0 unspecified atom stereocenters. The van der Waals surface area contributed by atoms with Gasteiger partial charge in [-0.15, -0.1) is 11.8 Å². The minimum absolute atomic E-state index is 0.0933. The van der Waals surface area contributed by atoms with Crippen molar-refractivity contribution in [2.24, 2.45) is 0 Å². The minimum Gasteiger partial charge on any atom is -0.352 e. The van der Waals surface area contributed by atoms with Gasteiger partial charge in [0.1, 0.15) is 0 Å². The molecule has 1 aliphatic heterocycles. The van der Waals surface area contributed by atoms with Crippen molar-refractivity contribution in [2.45, 2.75) is 17.7 Å². The molecule has 5 heteroatoms. The topological polar surface area (TPSA) is 46.2 Å². The molecule has 1 aromatic heterocycles. The van der Waals surface area contributed by atoms with Crippen LogP contribution in [0, 0.1) is 0 Å². The molecule has 3 rings (SSSR count). The number of carbonyl (C=O) groups is 2. The first-order valence-electron chi connectivity index (χ1n) is 6.84. The van der Waals surface area contributed by atoms with Crippen molar-refractivity contribution in [3.05, 3.63) is 51.7 Å². The van der Waals surface area contributed by atoms with Gasteiger partial charge in [-0.25, -0.2) is 0 Å². The van der Waals surface area contributed by atoms with E-state index in [9.17, 15) is 9.59 Å². The first-order chi connectivity index (χ1) is 10.3. The van der Waals surface area contributed by atoms with E-state index in [1.165, 1.54) is 5.56 Å². The van der Waals surface area contributed by atoms with Gasteiger partial charge in [-0.1, -0.05) is 12.1 Å². The fourth-order valence-corrected chi connectivity index (χ4v) is 4.17. The van der Waals surface area contributed by atoms with Gasteiger partial charge in [-0.05, 0) is 34.9 Å². The van der Waals surface area contributed by atoms with Gasteiger partial charge in [-0.3, -0.25) is 9.59 Å². The Morgan fingerprint density at radius 3 is 3.00 bits per heavy atom. The third kappa shape index (κ3) is 3.19. The van der Waals surface area contributed by atoms with Crippen LogP contribution in [-0.2, 0) is 6.42 Å². The van der Waals surface area contributed by atoms with Crippen LogP contribution >= 0.6 is 23.1 Å². The van der Waals surface area contributed by atoms with E-state index in [0.29, 0.717) is 24.1 Å². The third-order valence-corrected chi connectivity index (χ3v) is 5.28. The van der Waals surface area contributed by atoms with Gasteiger partial charge >= 0.3 is 0 Å². The van der Waals surface area contributed by atoms with Crippen molar-refractivity contribution < 1.29 is 9.59 Å². The van der Waals surface area contributed by atoms with E-state index in [1.807, 2.05) is 11.4 Å².